The third-order valence-electron chi connectivity index (χ3n) is 3.99. The number of rotatable bonds is 3. The van der Waals surface area contributed by atoms with Crippen LogP contribution in [0.4, 0.5) is 0 Å². The topological polar surface area (TPSA) is 64.2 Å². The molecule has 5 heteroatoms. The monoisotopic (exact) mass is 274 g/mol. The Labute approximate surface area is 116 Å². The van der Waals surface area contributed by atoms with Crippen LogP contribution in [0.2, 0.25) is 0 Å². The van der Waals surface area contributed by atoms with E-state index in [0.29, 0.717) is 11.1 Å². The quantitative estimate of drug-likeness (QED) is 0.933. The standard InChI is InChI=1S/C15H18N2O3/c1-10(14(18)16-11-6-2-3-7-11)17-12-8-4-5-9-13(12)20-15(17)19/h4-5,8-11H,2-3,6-7H2,1H3,(H,16,18)/t10-/m1/s1. The highest BCUT2D eigenvalue weighted by atomic mass is 16.4. The van der Waals surface area contributed by atoms with Crippen molar-refractivity contribution in [2.45, 2.75) is 44.7 Å². The number of nitrogens with one attached hydrogen (secondary N) is 1. The van der Waals surface area contributed by atoms with Crippen LogP contribution in [0, 0.1) is 0 Å². The molecule has 2 aromatic rings. The average Bonchev–Trinajstić information content (AvgIpc) is 3.04. The van der Waals surface area contributed by atoms with Gasteiger partial charge in [0.1, 0.15) is 6.04 Å². The van der Waals surface area contributed by atoms with E-state index in [4.69, 9.17) is 4.42 Å². The molecule has 1 fully saturated rings. The van der Waals surface area contributed by atoms with Crippen molar-refractivity contribution in [2.24, 2.45) is 0 Å². The molecule has 0 aliphatic heterocycles. The van der Waals surface area contributed by atoms with Gasteiger partial charge in [-0.3, -0.25) is 9.36 Å². The molecule has 1 amide bonds. The Morgan fingerprint density at radius 3 is 2.80 bits per heavy atom. The second-order valence-corrected chi connectivity index (χ2v) is 5.37. The lowest BCUT2D eigenvalue weighted by atomic mass is 10.2. The molecule has 3 rings (SSSR count). The lowest BCUT2D eigenvalue weighted by Gasteiger charge is -2.17. The maximum Gasteiger partial charge on any atom is 0.420 e. The molecule has 0 saturated heterocycles. The number of carbonyl (C=O) groups excluding carboxylic acids is 1. The highest BCUT2D eigenvalue weighted by molar-refractivity contribution is 5.83. The molecule has 106 valence electrons. The Hall–Kier alpha value is -2.04. The Morgan fingerprint density at radius 1 is 1.35 bits per heavy atom. The van der Waals surface area contributed by atoms with E-state index < -0.39 is 11.8 Å². The van der Waals surface area contributed by atoms with E-state index in [-0.39, 0.29) is 11.9 Å². The van der Waals surface area contributed by atoms with Gasteiger partial charge in [0.05, 0.1) is 5.52 Å². The van der Waals surface area contributed by atoms with Gasteiger partial charge in [-0.15, -0.1) is 0 Å². The predicted octanol–water partition coefficient (Wildman–Crippen LogP) is 2.21. The molecule has 1 atom stereocenters. The summed E-state index contributed by atoms with van der Waals surface area (Å²) < 4.78 is 6.58. The van der Waals surface area contributed by atoms with Crippen LogP contribution in [0.15, 0.2) is 33.5 Å². The average molecular weight is 274 g/mol. The molecule has 1 aromatic carbocycles. The van der Waals surface area contributed by atoms with E-state index in [1.165, 1.54) is 4.57 Å². The molecule has 1 heterocycles. The summed E-state index contributed by atoms with van der Waals surface area (Å²) in [5.41, 5.74) is 1.17. The van der Waals surface area contributed by atoms with Crippen LogP contribution < -0.4 is 11.1 Å². The van der Waals surface area contributed by atoms with Gasteiger partial charge in [-0.2, -0.15) is 0 Å². The lowest BCUT2D eigenvalue weighted by molar-refractivity contribution is -0.124. The van der Waals surface area contributed by atoms with Gasteiger partial charge in [-0.1, -0.05) is 25.0 Å². The summed E-state index contributed by atoms with van der Waals surface area (Å²) in [4.78, 5) is 24.2. The normalized spacial score (nSPS) is 17.4. The fourth-order valence-corrected chi connectivity index (χ4v) is 2.86. The van der Waals surface area contributed by atoms with Crippen molar-refractivity contribution in [3.8, 4) is 0 Å². The Morgan fingerprint density at radius 2 is 2.05 bits per heavy atom. The Kier molecular flexibility index (Phi) is 3.34. The van der Waals surface area contributed by atoms with Crippen molar-refractivity contribution in [2.75, 3.05) is 0 Å². The summed E-state index contributed by atoms with van der Waals surface area (Å²) in [5, 5.41) is 3.02. The first kappa shape index (κ1) is 13.0. The van der Waals surface area contributed by atoms with Crippen molar-refractivity contribution in [3.05, 3.63) is 34.8 Å². The van der Waals surface area contributed by atoms with Gasteiger partial charge in [0, 0.05) is 6.04 Å². The van der Waals surface area contributed by atoms with Gasteiger partial charge in [-0.25, -0.2) is 4.79 Å². The largest absolute Gasteiger partial charge is 0.420 e. The van der Waals surface area contributed by atoms with E-state index in [1.54, 1.807) is 25.1 Å². The van der Waals surface area contributed by atoms with Crippen LogP contribution in [-0.2, 0) is 4.79 Å². The maximum absolute atomic E-state index is 12.3. The number of oxazole rings is 1. The molecular formula is C15H18N2O3. The van der Waals surface area contributed by atoms with Crippen LogP contribution >= 0.6 is 0 Å². The molecule has 1 aromatic heterocycles. The number of nitrogens with zero attached hydrogens (tertiary/aromatic N) is 1. The van der Waals surface area contributed by atoms with Crippen molar-refractivity contribution in [1.82, 2.24) is 9.88 Å². The fourth-order valence-electron chi connectivity index (χ4n) is 2.86. The molecule has 1 aliphatic rings. The highest BCUT2D eigenvalue weighted by Crippen LogP contribution is 2.20. The number of benzene rings is 1. The molecular weight excluding hydrogens is 256 g/mol. The molecule has 0 bridgehead atoms. The summed E-state index contributed by atoms with van der Waals surface area (Å²) >= 11 is 0. The van der Waals surface area contributed by atoms with E-state index in [2.05, 4.69) is 5.32 Å². The van der Waals surface area contributed by atoms with E-state index in [0.717, 1.165) is 25.7 Å². The number of hydrogen-bond donors (Lipinski definition) is 1. The molecule has 0 unspecified atom stereocenters. The molecule has 1 aliphatic carbocycles. The maximum atomic E-state index is 12.3. The van der Waals surface area contributed by atoms with E-state index in [1.807, 2.05) is 6.07 Å². The minimum absolute atomic E-state index is 0.120. The van der Waals surface area contributed by atoms with Gasteiger partial charge >= 0.3 is 5.76 Å². The van der Waals surface area contributed by atoms with Crippen molar-refractivity contribution in [1.29, 1.82) is 0 Å². The first-order valence-corrected chi connectivity index (χ1v) is 7.07. The molecule has 20 heavy (non-hydrogen) atoms. The summed E-state index contributed by atoms with van der Waals surface area (Å²) in [7, 11) is 0. The smallest absolute Gasteiger partial charge is 0.408 e. The first-order valence-electron chi connectivity index (χ1n) is 7.07. The molecule has 0 spiro atoms. The van der Waals surface area contributed by atoms with E-state index >= 15 is 0 Å². The second-order valence-electron chi connectivity index (χ2n) is 5.37. The zero-order valence-electron chi connectivity index (χ0n) is 11.5. The summed E-state index contributed by atoms with van der Waals surface area (Å²) in [6.07, 6.45) is 4.38. The molecule has 1 N–H and O–H groups in total. The lowest BCUT2D eigenvalue weighted by Crippen LogP contribution is -2.39. The van der Waals surface area contributed by atoms with Crippen molar-refractivity contribution < 1.29 is 9.21 Å². The minimum atomic E-state index is -0.563. The highest BCUT2D eigenvalue weighted by Gasteiger charge is 2.24. The zero-order valence-corrected chi connectivity index (χ0v) is 11.5. The fraction of sp³-hybridized carbons (Fsp3) is 0.467. The third-order valence-corrected chi connectivity index (χ3v) is 3.99. The number of aromatic nitrogens is 1. The Bertz CT molecular complexity index is 680. The van der Waals surface area contributed by atoms with Gasteiger partial charge in [0.25, 0.3) is 0 Å². The Balaban J connectivity index is 1.87. The summed E-state index contributed by atoms with van der Waals surface area (Å²) in [6.45, 7) is 1.73. The van der Waals surface area contributed by atoms with E-state index in [9.17, 15) is 9.59 Å². The van der Waals surface area contributed by atoms with Crippen LogP contribution in [0.1, 0.15) is 38.6 Å². The van der Waals surface area contributed by atoms with Crippen LogP contribution in [0.5, 0.6) is 0 Å². The van der Waals surface area contributed by atoms with Gasteiger partial charge in [-0.05, 0) is 31.9 Å². The summed E-state index contributed by atoms with van der Waals surface area (Å²) in [6, 6.07) is 6.84. The van der Waals surface area contributed by atoms with Crippen molar-refractivity contribution >= 4 is 17.0 Å². The minimum Gasteiger partial charge on any atom is -0.408 e. The van der Waals surface area contributed by atoms with Crippen LogP contribution in [0.25, 0.3) is 11.1 Å². The third kappa shape index (κ3) is 2.24. The SMILES string of the molecule is C[C@H](C(=O)NC1CCCC1)n1c(=O)oc2ccccc21. The summed E-state index contributed by atoms with van der Waals surface area (Å²) in [5.74, 6) is -0.606. The number of amides is 1. The van der Waals surface area contributed by atoms with Gasteiger partial charge < -0.3 is 9.73 Å². The number of para-hydroxylation sites is 2. The van der Waals surface area contributed by atoms with Crippen molar-refractivity contribution in [3.63, 3.8) is 0 Å². The van der Waals surface area contributed by atoms with Crippen LogP contribution in [0.3, 0.4) is 0 Å². The number of hydrogen-bond acceptors (Lipinski definition) is 3. The molecule has 5 nitrogen and oxygen atoms in total. The predicted molar refractivity (Wildman–Crippen MR) is 75.6 cm³/mol. The van der Waals surface area contributed by atoms with Crippen LogP contribution in [-0.4, -0.2) is 16.5 Å². The molecule has 1 saturated carbocycles. The number of carbonyl (C=O) groups is 1. The zero-order chi connectivity index (χ0) is 14.1. The first-order chi connectivity index (χ1) is 9.66. The van der Waals surface area contributed by atoms with Gasteiger partial charge in [0.15, 0.2) is 5.58 Å². The second kappa shape index (κ2) is 5.15. The molecule has 0 radical (unpaired) electrons. The van der Waals surface area contributed by atoms with Gasteiger partial charge in [0.2, 0.25) is 5.91 Å². The number of fused-ring (bicyclic) bond motifs is 1.